The van der Waals surface area contributed by atoms with Gasteiger partial charge in [0.1, 0.15) is 23.7 Å². The van der Waals surface area contributed by atoms with Crippen LogP contribution in [0.5, 0.6) is 5.75 Å². The van der Waals surface area contributed by atoms with Crippen LogP contribution in [-0.2, 0) is 22.7 Å². The molecular weight excluding hydrogens is 446 g/mol. The molecule has 5 rings (SSSR count). The molecule has 35 heavy (non-hydrogen) atoms. The van der Waals surface area contributed by atoms with Crippen molar-refractivity contribution in [2.75, 3.05) is 6.61 Å². The molecule has 8 nitrogen and oxygen atoms in total. The highest BCUT2D eigenvalue weighted by atomic mass is 16.5. The van der Waals surface area contributed by atoms with Crippen molar-refractivity contribution >= 4 is 34.8 Å². The second-order valence-corrected chi connectivity index (χ2v) is 8.20. The molecule has 3 heterocycles. The van der Waals surface area contributed by atoms with Crippen molar-refractivity contribution in [3.63, 3.8) is 0 Å². The fourth-order valence-corrected chi connectivity index (χ4v) is 4.10. The molecule has 1 N–H and O–H groups in total. The second-order valence-electron chi connectivity index (χ2n) is 8.20. The van der Waals surface area contributed by atoms with Crippen molar-refractivity contribution in [1.82, 2.24) is 14.8 Å². The van der Waals surface area contributed by atoms with Crippen molar-refractivity contribution in [2.45, 2.75) is 20.0 Å². The van der Waals surface area contributed by atoms with Crippen LogP contribution in [0.15, 0.2) is 83.1 Å². The first kappa shape index (κ1) is 22.2. The molecule has 4 aromatic rings. The normalized spacial score (nSPS) is 15.2. The van der Waals surface area contributed by atoms with E-state index in [4.69, 9.17) is 9.15 Å². The molecule has 1 aliphatic heterocycles. The summed E-state index contributed by atoms with van der Waals surface area (Å²) in [4.78, 5) is 38.9. The Morgan fingerprint density at radius 1 is 1.00 bits per heavy atom. The number of hydrogen-bond acceptors (Lipinski definition) is 5. The van der Waals surface area contributed by atoms with Gasteiger partial charge in [-0.3, -0.25) is 19.8 Å². The van der Waals surface area contributed by atoms with E-state index in [9.17, 15) is 14.4 Å². The summed E-state index contributed by atoms with van der Waals surface area (Å²) < 4.78 is 13.2. The lowest BCUT2D eigenvalue weighted by molar-refractivity contribution is -0.130. The molecule has 1 aliphatic rings. The number of urea groups is 1. The molecule has 0 radical (unpaired) electrons. The highest BCUT2D eigenvalue weighted by molar-refractivity contribution is 6.31. The molecule has 1 saturated heterocycles. The van der Waals surface area contributed by atoms with Gasteiger partial charge in [0.2, 0.25) is 0 Å². The van der Waals surface area contributed by atoms with Crippen molar-refractivity contribution in [3.8, 4) is 5.75 Å². The molecule has 2 aromatic carbocycles. The van der Waals surface area contributed by atoms with E-state index < -0.39 is 17.8 Å². The van der Waals surface area contributed by atoms with Gasteiger partial charge >= 0.3 is 6.03 Å². The molecule has 4 amide bonds. The lowest BCUT2D eigenvalue weighted by atomic mass is 10.1. The van der Waals surface area contributed by atoms with E-state index in [1.165, 1.54) is 12.3 Å². The van der Waals surface area contributed by atoms with E-state index in [0.29, 0.717) is 24.5 Å². The molecule has 0 atom stereocenters. The standard InChI is InChI=1S/C27H23N3O5/c1-18-7-2-5-11-24(18)35-14-12-29-16-19(21-9-3-4-10-23(21)29)15-22-25(31)28-27(33)30(26(22)32)17-20-8-6-13-34-20/h2-11,13,15-16H,12,14,17H2,1H3,(H,28,31,33)/b22-15-. The van der Waals surface area contributed by atoms with Gasteiger partial charge in [0.05, 0.1) is 19.4 Å². The van der Waals surface area contributed by atoms with Crippen LogP contribution in [0.25, 0.3) is 17.0 Å². The van der Waals surface area contributed by atoms with E-state index in [1.807, 2.05) is 66.2 Å². The third-order valence-corrected chi connectivity index (χ3v) is 5.88. The zero-order valence-electron chi connectivity index (χ0n) is 19.1. The minimum Gasteiger partial charge on any atom is -0.491 e. The Labute approximate surface area is 201 Å². The van der Waals surface area contributed by atoms with Gasteiger partial charge in [-0.1, -0.05) is 36.4 Å². The summed E-state index contributed by atoms with van der Waals surface area (Å²) in [7, 11) is 0. The monoisotopic (exact) mass is 469 g/mol. The predicted molar refractivity (Wildman–Crippen MR) is 129 cm³/mol. The maximum absolute atomic E-state index is 13.1. The molecule has 8 heteroatoms. The Kier molecular flexibility index (Phi) is 5.93. The number of aryl methyl sites for hydroxylation is 1. The van der Waals surface area contributed by atoms with E-state index in [0.717, 1.165) is 27.1 Å². The minimum atomic E-state index is -0.774. The van der Waals surface area contributed by atoms with E-state index in [-0.39, 0.29) is 12.1 Å². The summed E-state index contributed by atoms with van der Waals surface area (Å²) in [6, 6.07) is 18.1. The number of rotatable bonds is 7. The summed E-state index contributed by atoms with van der Waals surface area (Å²) in [5.41, 5.74) is 2.59. The molecule has 2 aromatic heterocycles. The summed E-state index contributed by atoms with van der Waals surface area (Å²) in [5.74, 6) is -0.130. The van der Waals surface area contributed by atoms with Crippen LogP contribution in [0, 0.1) is 6.92 Å². The highest BCUT2D eigenvalue weighted by Gasteiger charge is 2.36. The fraction of sp³-hybridized carbons (Fsp3) is 0.148. The number of nitrogens with zero attached hydrogens (tertiary/aromatic N) is 2. The number of ether oxygens (including phenoxy) is 1. The largest absolute Gasteiger partial charge is 0.491 e. The van der Waals surface area contributed by atoms with Gasteiger partial charge in [-0.25, -0.2) is 4.79 Å². The van der Waals surface area contributed by atoms with Gasteiger partial charge in [-0.05, 0) is 42.8 Å². The third-order valence-electron chi connectivity index (χ3n) is 5.88. The first-order valence-electron chi connectivity index (χ1n) is 11.2. The van der Waals surface area contributed by atoms with E-state index >= 15 is 0 Å². The Balaban J connectivity index is 1.42. The molecule has 0 spiro atoms. The van der Waals surface area contributed by atoms with Crippen LogP contribution in [0.3, 0.4) is 0 Å². The molecule has 176 valence electrons. The van der Waals surface area contributed by atoms with Gasteiger partial charge in [0.15, 0.2) is 0 Å². The van der Waals surface area contributed by atoms with Crippen molar-refractivity contribution in [3.05, 3.63) is 95.6 Å². The van der Waals surface area contributed by atoms with Crippen LogP contribution >= 0.6 is 0 Å². The number of aromatic nitrogens is 1. The van der Waals surface area contributed by atoms with E-state index in [2.05, 4.69) is 5.32 Å². The van der Waals surface area contributed by atoms with Gasteiger partial charge in [-0.15, -0.1) is 0 Å². The van der Waals surface area contributed by atoms with Gasteiger partial charge < -0.3 is 13.7 Å². The number of barbiturate groups is 1. The summed E-state index contributed by atoms with van der Waals surface area (Å²) in [6.07, 6.45) is 4.87. The van der Waals surface area contributed by atoms with Crippen LogP contribution in [-0.4, -0.2) is 33.9 Å². The highest BCUT2D eigenvalue weighted by Crippen LogP contribution is 2.26. The first-order valence-corrected chi connectivity index (χ1v) is 11.2. The Bertz CT molecular complexity index is 1450. The van der Waals surface area contributed by atoms with E-state index in [1.54, 1.807) is 12.1 Å². The zero-order valence-corrected chi connectivity index (χ0v) is 19.1. The second kappa shape index (κ2) is 9.34. The zero-order chi connectivity index (χ0) is 24.4. The number of amides is 4. The lowest BCUT2D eigenvalue weighted by Crippen LogP contribution is -2.53. The Morgan fingerprint density at radius 3 is 2.60 bits per heavy atom. The predicted octanol–water partition coefficient (Wildman–Crippen LogP) is 4.28. The molecule has 0 saturated carbocycles. The average molecular weight is 469 g/mol. The average Bonchev–Trinajstić information content (AvgIpc) is 3.49. The summed E-state index contributed by atoms with van der Waals surface area (Å²) in [6.45, 7) is 2.95. The number of benzene rings is 2. The number of hydrogen-bond donors (Lipinski definition) is 1. The molecular formula is C27H23N3O5. The van der Waals surface area contributed by atoms with Gasteiger partial charge in [-0.2, -0.15) is 0 Å². The SMILES string of the molecule is Cc1ccccc1OCCn1cc(/C=C2/C(=O)NC(=O)N(Cc3ccco3)C2=O)c2ccccc21. The van der Waals surface area contributed by atoms with Crippen molar-refractivity contribution in [1.29, 1.82) is 0 Å². The number of carbonyl (C=O) groups excluding carboxylic acids is 3. The first-order chi connectivity index (χ1) is 17.0. The number of fused-ring (bicyclic) bond motifs is 1. The molecule has 0 aliphatic carbocycles. The number of para-hydroxylation sites is 2. The topological polar surface area (TPSA) is 93.8 Å². The van der Waals surface area contributed by atoms with Gasteiger partial charge in [0, 0.05) is 22.7 Å². The number of carbonyl (C=O) groups is 3. The minimum absolute atomic E-state index is 0.0692. The van der Waals surface area contributed by atoms with Crippen LogP contribution in [0.2, 0.25) is 0 Å². The van der Waals surface area contributed by atoms with Crippen molar-refractivity contribution in [2.24, 2.45) is 0 Å². The van der Waals surface area contributed by atoms with Crippen LogP contribution in [0.4, 0.5) is 4.79 Å². The maximum atomic E-state index is 13.1. The molecule has 0 bridgehead atoms. The third kappa shape index (κ3) is 4.46. The van der Waals surface area contributed by atoms with Crippen LogP contribution < -0.4 is 10.1 Å². The Morgan fingerprint density at radius 2 is 1.80 bits per heavy atom. The summed E-state index contributed by atoms with van der Waals surface area (Å²) >= 11 is 0. The molecule has 1 fully saturated rings. The Hall–Kier alpha value is -4.59. The fourth-order valence-electron chi connectivity index (χ4n) is 4.10. The van der Waals surface area contributed by atoms with Crippen molar-refractivity contribution < 1.29 is 23.5 Å². The number of nitrogens with one attached hydrogen (secondary N) is 1. The smallest absolute Gasteiger partial charge is 0.331 e. The number of imide groups is 2. The summed E-state index contributed by atoms with van der Waals surface area (Å²) in [5, 5.41) is 3.13. The van der Waals surface area contributed by atoms with Gasteiger partial charge in [0.25, 0.3) is 11.8 Å². The number of furan rings is 1. The quantitative estimate of drug-likeness (QED) is 0.322. The van der Waals surface area contributed by atoms with Crippen LogP contribution in [0.1, 0.15) is 16.9 Å². The molecule has 0 unspecified atom stereocenters. The maximum Gasteiger partial charge on any atom is 0.331 e. The lowest BCUT2D eigenvalue weighted by Gasteiger charge is -2.25.